The number of aryl methyl sites for hydroxylation is 3. The molecule has 0 fully saturated rings. The highest BCUT2D eigenvalue weighted by Gasteiger charge is 2.28. The lowest BCUT2D eigenvalue weighted by Gasteiger charge is -2.14. The number of aromatic nitrogens is 2. The second-order valence-corrected chi connectivity index (χ2v) is 11.9. The molecule has 3 heterocycles. The van der Waals surface area contributed by atoms with Gasteiger partial charge in [-0.3, -0.25) is 14.6 Å². The lowest BCUT2D eigenvalue weighted by atomic mass is 9.95. The average molecular weight is 592 g/mol. The number of para-hydroxylation sites is 1. The largest absolute Gasteiger partial charge is 0.481 e. The first-order valence-electron chi connectivity index (χ1n) is 14.4. The van der Waals surface area contributed by atoms with Gasteiger partial charge in [0, 0.05) is 39.1 Å². The highest BCUT2D eigenvalue weighted by molar-refractivity contribution is 7.15. The molecule has 5 aromatic rings. The van der Waals surface area contributed by atoms with Crippen LogP contribution < -0.4 is 15.5 Å². The van der Waals surface area contributed by atoms with E-state index in [1.807, 2.05) is 75.4 Å². The van der Waals surface area contributed by atoms with Crippen LogP contribution in [0.4, 0.5) is 5.69 Å². The molecule has 0 saturated carbocycles. The van der Waals surface area contributed by atoms with Crippen molar-refractivity contribution in [2.24, 2.45) is 5.10 Å². The van der Waals surface area contributed by atoms with Gasteiger partial charge in [0.05, 0.1) is 11.8 Å². The fourth-order valence-electron chi connectivity index (χ4n) is 5.55. The molecule has 0 bridgehead atoms. The van der Waals surface area contributed by atoms with Crippen LogP contribution in [0, 0.1) is 20.8 Å². The van der Waals surface area contributed by atoms with E-state index < -0.39 is 0 Å². The number of carbonyl (C=O) groups is 2. The van der Waals surface area contributed by atoms with E-state index in [2.05, 4.69) is 25.4 Å². The van der Waals surface area contributed by atoms with E-state index in [9.17, 15) is 9.59 Å². The number of anilines is 1. The Kier molecular flexibility index (Phi) is 8.07. The molecule has 0 radical (unpaired) electrons. The summed E-state index contributed by atoms with van der Waals surface area (Å²) >= 11 is 1.70. The fraction of sp³-hybridized carbons (Fsp3) is 0.235. The van der Waals surface area contributed by atoms with Crippen molar-refractivity contribution in [1.29, 1.82) is 0 Å². The first-order valence-corrected chi connectivity index (χ1v) is 15.2. The minimum atomic E-state index is -0.376. The number of hydrogen-bond donors (Lipinski definition) is 2. The molecule has 8 nitrogen and oxygen atoms in total. The summed E-state index contributed by atoms with van der Waals surface area (Å²) < 4.78 is 7.86. The number of ether oxygens (including phenoxy) is 1. The summed E-state index contributed by atoms with van der Waals surface area (Å²) in [6.07, 6.45) is 7.43. The Morgan fingerprint density at radius 2 is 1.84 bits per heavy atom. The van der Waals surface area contributed by atoms with Crippen molar-refractivity contribution in [1.82, 2.24) is 15.0 Å². The van der Waals surface area contributed by atoms with E-state index >= 15 is 0 Å². The molecule has 2 N–H and O–H groups in total. The van der Waals surface area contributed by atoms with Crippen molar-refractivity contribution < 1.29 is 14.3 Å². The van der Waals surface area contributed by atoms with Crippen molar-refractivity contribution in [2.75, 3.05) is 11.9 Å². The van der Waals surface area contributed by atoms with Gasteiger partial charge in [0.2, 0.25) is 0 Å². The zero-order valence-corrected chi connectivity index (χ0v) is 25.3. The van der Waals surface area contributed by atoms with Crippen molar-refractivity contribution >= 4 is 46.0 Å². The van der Waals surface area contributed by atoms with Crippen molar-refractivity contribution in [3.05, 3.63) is 105 Å². The molecule has 218 valence electrons. The number of nitrogens with zero attached hydrogens (tertiary/aromatic N) is 3. The van der Waals surface area contributed by atoms with Crippen molar-refractivity contribution in [2.45, 2.75) is 46.5 Å². The standard InChI is InChI=1S/C34H33N5O3S/c1-21-13-15-26(16-14-21)37-33(41)31-27-10-4-5-12-29(27)43-34(31)39-22(2)18-25(23(39)3)19-36-38-30(40)20-42-28-11-6-8-24-9-7-17-35-32(24)28/h6-9,11,13-19H,4-5,10,12,20H2,1-3H3,(H,37,41)(H,38,40)/b36-19-. The highest BCUT2D eigenvalue weighted by Crippen LogP contribution is 2.39. The predicted molar refractivity (Wildman–Crippen MR) is 172 cm³/mol. The molecule has 1 aliphatic rings. The number of pyridine rings is 1. The van der Waals surface area contributed by atoms with Crippen LogP contribution in [0.15, 0.2) is 72.0 Å². The Balaban J connectivity index is 1.20. The lowest BCUT2D eigenvalue weighted by Crippen LogP contribution is -2.24. The normalized spacial score (nSPS) is 12.8. The SMILES string of the molecule is Cc1ccc(NC(=O)c2c(-n3c(C)cc(/C=N\NC(=O)COc4cccc5cccnc45)c3C)sc3c2CCCC3)cc1. The number of nitrogens with one attached hydrogen (secondary N) is 2. The first-order chi connectivity index (χ1) is 20.9. The summed E-state index contributed by atoms with van der Waals surface area (Å²) in [4.78, 5) is 31.9. The monoisotopic (exact) mass is 591 g/mol. The van der Waals surface area contributed by atoms with Crippen LogP contribution in [0.1, 0.15) is 56.2 Å². The summed E-state index contributed by atoms with van der Waals surface area (Å²) in [5, 5.41) is 9.19. The maximum atomic E-state index is 13.7. The van der Waals surface area contributed by atoms with Crippen LogP contribution in [-0.4, -0.2) is 34.2 Å². The maximum Gasteiger partial charge on any atom is 0.277 e. The van der Waals surface area contributed by atoms with Gasteiger partial charge in [0.15, 0.2) is 6.61 Å². The molecule has 2 aromatic carbocycles. The van der Waals surface area contributed by atoms with Gasteiger partial charge in [0.1, 0.15) is 16.3 Å². The van der Waals surface area contributed by atoms with E-state index in [4.69, 9.17) is 4.74 Å². The number of carbonyl (C=O) groups excluding carboxylic acids is 2. The van der Waals surface area contributed by atoms with Crippen LogP contribution in [0.2, 0.25) is 0 Å². The summed E-state index contributed by atoms with van der Waals surface area (Å²) in [5.74, 6) is 0.0789. The molecule has 0 unspecified atom stereocenters. The van der Waals surface area contributed by atoms with Crippen molar-refractivity contribution in [3.8, 4) is 10.8 Å². The molecule has 43 heavy (non-hydrogen) atoms. The van der Waals surface area contributed by atoms with Gasteiger partial charge in [-0.1, -0.05) is 35.9 Å². The zero-order valence-electron chi connectivity index (χ0n) is 24.4. The molecular weight excluding hydrogens is 558 g/mol. The molecular formula is C34H33N5O3S. The number of hydrogen-bond acceptors (Lipinski definition) is 6. The van der Waals surface area contributed by atoms with Gasteiger partial charge in [-0.15, -0.1) is 11.3 Å². The Hall–Kier alpha value is -4.76. The number of amides is 2. The molecule has 0 atom stereocenters. The summed E-state index contributed by atoms with van der Waals surface area (Å²) in [5.41, 5.74) is 9.88. The Labute approximate surface area is 254 Å². The lowest BCUT2D eigenvalue weighted by molar-refractivity contribution is -0.123. The van der Waals surface area contributed by atoms with Crippen LogP contribution in [-0.2, 0) is 17.6 Å². The Morgan fingerprint density at radius 3 is 2.67 bits per heavy atom. The topological polar surface area (TPSA) is 97.6 Å². The molecule has 3 aromatic heterocycles. The van der Waals surface area contributed by atoms with Crippen LogP contribution in [0.5, 0.6) is 5.75 Å². The third kappa shape index (κ3) is 5.94. The Bertz CT molecular complexity index is 1850. The molecule has 0 aliphatic heterocycles. The second kappa shape index (κ2) is 12.2. The number of thiophene rings is 1. The van der Waals surface area contributed by atoms with Gasteiger partial charge in [-0.05, 0) is 82.3 Å². The van der Waals surface area contributed by atoms with Crippen molar-refractivity contribution in [3.63, 3.8) is 0 Å². The van der Waals surface area contributed by atoms with E-state index in [0.717, 1.165) is 75.4 Å². The first kappa shape index (κ1) is 28.4. The number of hydrazone groups is 1. The molecule has 0 spiro atoms. The summed E-state index contributed by atoms with van der Waals surface area (Å²) in [7, 11) is 0. The third-order valence-electron chi connectivity index (χ3n) is 7.71. The molecule has 1 aliphatic carbocycles. The zero-order chi connectivity index (χ0) is 29.9. The minimum Gasteiger partial charge on any atom is -0.481 e. The van der Waals surface area contributed by atoms with Gasteiger partial charge in [-0.2, -0.15) is 5.10 Å². The molecule has 0 saturated heterocycles. The quantitative estimate of drug-likeness (QED) is 0.156. The summed E-state index contributed by atoms with van der Waals surface area (Å²) in [6.45, 7) is 5.87. The minimum absolute atomic E-state index is 0.0883. The number of rotatable bonds is 8. The Morgan fingerprint density at radius 1 is 1.05 bits per heavy atom. The number of fused-ring (bicyclic) bond motifs is 2. The molecule has 9 heteroatoms. The van der Waals surface area contributed by atoms with E-state index in [-0.39, 0.29) is 18.4 Å². The highest BCUT2D eigenvalue weighted by atomic mass is 32.1. The molecule has 6 rings (SSSR count). The number of benzene rings is 2. The predicted octanol–water partition coefficient (Wildman–Crippen LogP) is 6.67. The van der Waals surface area contributed by atoms with Gasteiger partial charge in [0.25, 0.3) is 11.8 Å². The van der Waals surface area contributed by atoms with Gasteiger partial charge in [-0.25, -0.2) is 5.43 Å². The van der Waals surface area contributed by atoms with Crippen LogP contribution in [0.25, 0.3) is 15.9 Å². The average Bonchev–Trinajstić information content (AvgIpc) is 3.52. The van der Waals surface area contributed by atoms with Crippen LogP contribution in [0.3, 0.4) is 0 Å². The third-order valence-corrected chi connectivity index (χ3v) is 8.99. The smallest absolute Gasteiger partial charge is 0.277 e. The van der Waals surface area contributed by atoms with Gasteiger partial charge < -0.3 is 14.6 Å². The fourth-order valence-corrected chi connectivity index (χ4v) is 7.04. The van der Waals surface area contributed by atoms with Gasteiger partial charge >= 0.3 is 0 Å². The van der Waals surface area contributed by atoms with Crippen LogP contribution >= 0.6 is 11.3 Å². The second-order valence-electron chi connectivity index (χ2n) is 10.8. The van der Waals surface area contributed by atoms with E-state index in [0.29, 0.717) is 11.3 Å². The van der Waals surface area contributed by atoms with E-state index in [1.54, 1.807) is 29.8 Å². The summed E-state index contributed by atoms with van der Waals surface area (Å²) in [6, 6.07) is 19.3. The molecule has 2 amide bonds. The maximum absolute atomic E-state index is 13.7. The van der Waals surface area contributed by atoms with E-state index in [1.165, 1.54) is 4.88 Å².